The molecule has 0 atom stereocenters. The molecule has 6 heteroatoms. The number of rotatable bonds is 5. The van der Waals surface area contributed by atoms with Crippen molar-refractivity contribution >= 4 is 0 Å². The summed E-state index contributed by atoms with van der Waals surface area (Å²) in [7, 11) is 0. The van der Waals surface area contributed by atoms with Crippen LogP contribution in [0.2, 0.25) is 0 Å². The Morgan fingerprint density at radius 3 is 1.26 bits per heavy atom. The second-order valence-electron chi connectivity index (χ2n) is 12.9. The van der Waals surface area contributed by atoms with Crippen molar-refractivity contribution in [2.24, 2.45) is 5.92 Å². The van der Waals surface area contributed by atoms with Gasteiger partial charge in [-0.1, -0.05) is 19.3 Å². The van der Waals surface area contributed by atoms with Gasteiger partial charge >= 0.3 is 0 Å². The lowest BCUT2D eigenvalue weighted by Crippen LogP contribution is -2.65. The Labute approximate surface area is 190 Å². The summed E-state index contributed by atoms with van der Waals surface area (Å²) in [4.78, 5) is 13.6. The molecule has 2 saturated heterocycles. The first kappa shape index (κ1) is 25.4. The highest BCUT2D eigenvalue weighted by Crippen LogP contribution is 2.44. The van der Waals surface area contributed by atoms with Crippen LogP contribution in [0.25, 0.3) is 0 Å². The molecular formula is C25H48N2O4. The fourth-order valence-corrected chi connectivity index (χ4v) is 6.80. The van der Waals surface area contributed by atoms with Crippen LogP contribution in [0.1, 0.15) is 113 Å². The highest BCUT2D eigenvalue weighted by molar-refractivity contribution is 4.98. The number of hydrogen-bond acceptors (Lipinski definition) is 6. The summed E-state index contributed by atoms with van der Waals surface area (Å²) in [6, 6.07) is 0. The van der Waals surface area contributed by atoms with Gasteiger partial charge in [-0.3, -0.25) is 9.68 Å². The molecule has 182 valence electrons. The minimum atomic E-state index is -0.372. The number of hydrogen-bond donors (Lipinski definition) is 2. The van der Waals surface area contributed by atoms with Crippen molar-refractivity contribution in [3.8, 4) is 0 Å². The van der Waals surface area contributed by atoms with Crippen LogP contribution >= 0.6 is 0 Å². The predicted octanol–water partition coefficient (Wildman–Crippen LogP) is 4.78. The average molecular weight is 441 g/mol. The molecule has 0 aromatic carbocycles. The van der Waals surface area contributed by atoms with E-state index in [1.807, 2.05) is 0 Å². The standard InChI is InChI=1S/C25H48N2O4/c1-22(2)14-19(28)15-23(3,4)26(22)30-21(18-12-10-9-11-13-18)31-27-24(5,6)16-20(29)17-25(27,7)8/h18-21,28-29H,9-17H2,1-8H3. The van der Waals surface area contributed by atoms with Gasteiger partial charge in [0.2, 0.25) is 0 Å². The van der Waals surface area contributed by atoms with Crippen molar-refractivity contribution in [2.75, 3.05) is 0 Å². The SMILES string of the molecule is CC1(C)CC(O)CC(C)(C)N1OC(ON1C(C)(C)CC(O)CC1(C)C)C1CCCCC1. The van der Waals surface area contributed by atoms with Crippen LogP contribution in [0.15, 0.2) is 0 Å². The maximum Gasteiger partial charge on any atom is 0.200 e. The Kier molecular flexibility index (Phi) is 7.24. The fourth-order valence-electron chi connectivity index (χ4n) is 6.80. The van der Waals surface area contributed by atoms with E-state index in [-0.39, 0.29) is 40.7 Å². The van der Waals surface area contributed by atoms with Crippen LogP contribution in [0.3, 0.4) is 0 Å². The van der Waals surface area contributed by atoms with E-state index in [2.05, 4.69) is 65.5 Å². The molecule has 3 rings (SSSR count). The summed E-state index contributed by atoms with van der Waals surface area (Å²) < 4.78 is 0. The molecule has 1 aliphatic carbocycles. The van der Waals surface area contributed by atoms with E-state index < -0.39 is 0 Å². The van der Waals surface area contributed by atoms with Gasteiger partial charge in [-0.25, -0.2) is 0 Å². The number of nitrogens with zero attached hydrogens (tertiary/aromatic N) is 2. The van der Waals surface area contributed by atoms with E-state index in [0.717, 1.165) is 12.8 Å². The highest BCUT2D eigenvalue weighted by Gasteiger charge is 2.51. The van der Waals surface area contributed by atoms with E-state index in [1.54, 1.807) is 0 Å². The van der Waals surface area contributed by atoms with Gasteiger partial charge in [0.25, 0.3) is 0 Å². The molecule has 2 heterocycles. The van der Waals surface area contributed by atoms with Crippen molar-refractivity contribution in [1.82, 2.24) is 10.1 Å². The molecule has 2 N–H and O–H groups in total. The van der Waals surface area contributed by atoms with Crippen LogP contribution in [0.5, 0.6) is 0 Å². The Morgan fingerprint density at radius 2 is 0.935 bits per heavy atom. The molecule has 0 radical (unpaired) electrons. The van der Waals surface area contributed by atoms with Gasteiger partial charge in [-0.2, -0.15) is 10.1 Å². The van der Waals surface area contributed by atoms with Crippen molar-refractivity contribution in [3.05, 3.63) is 0 Å². The van der Waals surface area contributed by atoms with Crippen molar-refractivity contribution in [3.63, 3.8) is 0 Å². The van der Waals surface area contributed by atoms with Crippen LogP contribution in [-0.2, 0) is 9.68 Å². The zero-order valence-corrected chi connectivity index (χ0v) is 21.3. The molecule has 0 unspecified atom stereocenters. The Hall–Kier alpha value is -0.240. The Balaban J connectivity index is 1.88. The summed E-state index contributed by atoms with van der Waals surface area (Å²) in [6.07, 6.45) is 7.64. The molecule has 0 amide bonds. The molecule has 2 aliphatic heterocycles. The molecule has 1 saturated carbocycles. The quantitative estimate of drug-likeness (QED) is 0.600. The maximum atomic E-state index is 10.5. The van der Waals surface area contributed by atoms with Crippen LogP contribution in [0, 0.1) is 5.92 Å². The normalized spacial score (nSPS) is 30.7. The zero-order valence-electron chi connectivity index (χ0n) is 21.3. The highest BCUT2D eigenvalue weighted by atomic mass is 16.9. The van der Waals surface area contributed by atoms with Gasteiger partial charge in [0.15, 0.2) is 6.29 Å². The number of piperidine rings is 2. The average Bonchev–Trinajstić information content (AvgIpc) is 2.57. The molecule has 0 aromatic rings. The van der Waals surface area contributed by atoms with Crippen LogP contribution < -0.4 is 0 Å². The third-order valence-corrected chi connectivity index (χ3v) is 7.59. The number of aliphatic hydroxyl groups is 2. The monoisotopic (exact) mass is 440 g/mol. The minimum absolute atomic E-state index is 0.291. The molecule has 6 nitrogen and oxygen atoms in total. The Morgan fingerprint density at radius 1 is 0.613 bits per heavy atom. The smallest absolute Gasteiger partial charge is 0.200 e. The largest absolute Gasteiger partial charge is 0.393 e. The van der Waals surface area contributed by atoms with Gasteiger partial charge in [-0.05, 0) is 93.9 Å². The van der Waals surface area contributed by atoms with Gasteiger partial charge in [0.1, 0.15) is 0 Å². The number of aliphatic hydroxyl groups excluding tert-OH is 2. The second-order valence-corrected chi connectivity index (χ2v) is 12.9. The van der Waals surface area contributed by atoms with E-state index in [4.69, 9.17) is 9.68 Å². The first-order valence-electron chi connectivity index (χ1n) is 12.4. The summed E-state index contributed by atoms with van der Waals surface area (Å²) in [5.74, 6) is 0.339. The fraction of sp³-hybridized carbons (Fsp3) is 1.00. The summed E-state index contributed by atoms with van der Waals surface area (Å²) in [5.41, 5.74) is -1.16. The summed E-state index contributed by atoms with van der Waals surface area (Å²) >= 11 is 0. The molecule has 0 bridgehead atoms. The van der Waals surface area contributed by atoms with E-state index >= 15 is 0 Å². The maximum absolute atomic E-state index is 10.5. The Bertz CT molecular complexity index is 533. The zero-order chi connectivity index (χ0) is 23.2. The molecular weight excluding hydrogens is 392 g/mol. The predicted molar refractivity (Wildman–Crippen MR) is 123 cm³/mol. The van der Waals surface area contributed by atoms with Crippen LogP contribution in [-0.4, -0.2) is 61.0 Å². The topological polar surface area (TPSA) is 65.4 Å². The third kappa shape index (κ3) is 5.64. The van der Waals surface area contributed by atoms with E-state index in [0.29, 0.717) is 31.6 Å². The molecule has 0 aromatic heterocycles. The molecule has 3 aliphatic rings. The molecule has 0 spiro atoms. The molecule has 3 fully saturated rings. The van der Waals surface area contributed by atoms with Gasteiger partial charge in [0.05, 0.1) is 12.2 Å². The minimum Gasteiger partial charge on any atom is -0.393 e. The van der Waals surface area contributed by atoms with Gasteiger partial charge < -0.3 is 10.2 Å². The van der Waals surface area contributed by atoms with Crippen LogP contribution in [0.4, 0.5) is 0 Å². The van der Waals surface area contributed by atoms with E-state index in [1.165, 1.54) is 19.3 Å². The van der Waals surface area contributed by atoms with E-state index in [9.17, 15) is 10.2 Å². The summed E-state index contributed by atoms with van der Waals surface area (Å²) in [6.45, 7) is 17.2. The lowest BCUT2D eigenvalue weighted by Gasteiger charge is -2.57. The van der Waals surface area contributed by atoms with Gasteiger partial charge in [0, 0.05) is 28.1 Å². The molecule has 31 heavy (non-hydrogen) atoms. The summed E-state index contributed by atoms with van der Waals surface area (Å²) in [5, 5.41) is 25.1. The first-order chi connectivity index (χ1) is 14.1. The van der Waals surface area contributed by atoms with Crippen molar-refractivity contribution in [1.29, 1.82) is 0 Å². The van der Waals surface area contributed by atoms with Gasteiger partial charge in [-0.15, -0.1) is 0 Å². The van der Waals surface area contributed by atoms with Crippen molar-refractivity contribution in [2.45, 2.75) is 154 Å². The second kappa shape index (κ2) is 8.84. The lowest BCUT2D eigenvalue weighted by atomic mass is 9.80. The first-order valence-corrected chi connectivity index (χ1v) is 12.4. The lowest BCUT2D eigenvalue weighted by molar-refractivity contribution is -0.437. The van der Waals surface area contributed by atoms with Crippen molar-refractivity contribution < 1.29 is 19.9 Å². The number of hydroxylamine groups is 4. The third-order valence-electron chi connectivity index (χ3n) is 7.59.